The Labute approximate surface area is 142 Å². The van der Waals surface area contributed by atoms with Crippen LogP contribution in [0.5, 0.6) is 5.75 Å². The van der Waals surface area contributed by atoms with Crippen LogP contribution in [0.15, 0.2) is 54.6 Å². The first-order valence-electron chi connectivity index (χ1n) is 7.56. The van der Waals surface area contributed by atoms with E-state index >= 15 is 0 Å². The molecule has 25 heavy (non-hydrogen) atoms. The second kappa shape index (κ2) is 7.83. The maximum absolute atomic E-state index is 12.7. The van der Waals surface area contributed by atoms with Crippen molar-refractivity contribution in [3.8, 4) is 5.75 Å². The molecule has 0 aromatic heterocycles. The van der Waals surface area contributed by atoms with E-state index in [1.54, 1.807) is 37.3 Å². The molecule has 0 radical (unpaired) electrons. The Morgan fingerprint density at radius 2 is 1.64 bits per heavy atom. The van der Waals surface area contributed by atoms with Crippen LogP contribution in [0, 0.1) is 0 Å². The fourth-order valence-electron chi connectivity index (χ4n) is 2.14. The molecule has 2 aromatic carbocycles. The van der Waals surface area contributed by atoms with Crippen LogP contribution < -0.4 is 10.1 Å². The average molecular weight is 351 g/mol. The fraction of sp³-hybridized carbons (Fsp3) is 0.222. The maximum atomic E-state index is 12.7. The van der Waals surface area contributed by atoms with Gasteiger partial charge in [-0.25, -0.2) is 0 Å². The molecule has 0 aliphatic carbocycles. The Hall–Kier alpha value is -2.83. The Morgan fingerprint density at radius 3 is 2.24 bits per heavy atom. The highest BCUT2D eigenvalue weighted by Crippen LogP contribution is 2.26. The van der Waals surface area contributed by atoms with Crippen molar-refractivity contribution in [2.24, 2.45) is 0 Å². The van der Waals surface area contributed by atoms with Gasteiger partial charge < -0.3 is 10.1 Å². The summed E-state index contributed by atoms with van der Waals surface area (Å²) in [5.41, 5.74) is -0.817. The zero-order valence-electron chi connectivity index (χ0n) is 13.3. The second-order valence-corrected chi connectivity index (χ2v) is 5.19. The van der Waals surface area contributed by atoms with Crippen molar-refractivity contribution >= 4 is 17.4 Å². The third-order valence-electron chi connectivity index (χ3n) is 3.37. The number of para-hydroxylation sites is 2. The molecule has 0 heterocycles. The second-order valence-electron chi connectivity index (χ2n) is 5.19. The van der Waals surface area contributed by atoms with Gasteiger partial charge in [0.2, 0.25) is 0 Å². The molecule has 1 amide bonds. The fourth-order valence-corrected chi connectivity index (χ4v) is 2.14. The van der Waals surface area contributed by atoms with Crippen LogP contribution in [-0.2, 0) is 4.79 Å². The molecule has 0 bridgehead atoms. The van der Waals surface area contributed by atoms with Gasteiger partial charge in [-0.2, -0.15) is 13.2 Å². The van der Waals surface area contributed by atoms with E-state index in [1.807, 2.05) is 0 Å². The standard InChI is InChI=1S/C18H16F3NO3/c1-2-15(25-12-8-4-3-5-9-12)17(24)22-14-11-7-6-10-13(14)16(23)18(19,20)21/h3-11,15H,2H2,1H3,(H,22,24). The van der Waals surface area contributed by atoms with Gasteiger partial charge in [0, 0.05) is 0 Å². The molecule has 1 atom stereocenters. The molecule has 132 valence electrons. The number of nitrogens with one attached hydrogen (secondary N) is 1. The van der Waals surface area contributed by atoms with Crippen LogP contribution in [0.2, 0.25) is 0 Å². The summed E-state index contributed by atoms with van der Waals surface area (Å²) in [4.78, 5) is 23.8. The zero-order valence-corrected chi connectivity index (χ0v) is 13.3. The van der Waals surface area contributed by atoms with E-state index in [2.05, 4.69) is 5.32 Å². The summed E-state index contributed by atoms with van der Waals surface area (Å²) in [6, 6.07) is 13.6. The van der Waals surface area contributed by atoms with Gasteiger partial charge in [-0.3, -0.25) is 9.59 Å². The normalized spacial score (nSPS) is 12.3. The number of benzene rings is 2. The van der Waals surface area contributed by atoms with E-state index in [9.17, 15) is 22.8 Å². The molecule has 0 aliphatic heterocycles. The van der Waals surface area contributed by atoms with Crippen LogP contribution in [0.1, 0.15) is 23.7 Å². The number of hydrogen-bond acceptors (Lipinski definition) is 3. The monoisotopic (exact) mass is 351 g/mol. The summed E-state index contributed by atoms with van der Waals surface area (Å²) in [5.74, 6) is -2.18. The van der Waals surface area contributed by atoms with Crippen molar-refractivity contribution < 1.29 is 27.5 Å². The number of ether oxygens (including phenoxy) is 1. The van der Waals surface area contributed by atoms with Crippen molar-refractivity contribution in [2.45, 2.75) is 25.6 Å². The van der Waals surface area contributed by atoms with E-state index in [-0.39, 0.29) is 5.69 Å². The Balaban J connectivity index is 2.18. The van der Waals surface area contributed by atoms with E-state index in [0.717, 1.165) is 6.07 Å². The summed E-state index contributed by atoms with van der Waals surface area (Å²) in [6.45, 7) is 1.71. The number of carbonyl (C=O) groups excluding carboxylic acids is 2. The first-order valence-corrected chi connectivity index (χ1v) is 7.56. The van der Waals surface area contributed by atoms with Gasteiger partial charge in [0.05, 0.1) is 11.3 Å². The van der Waals surface area contributed by atoms with E-state index < -0.39 is 29.5 Å². The Bertz CT molecular complexity index is 745. The number of Topliss-reactive ketones (excluding diaryl/α,β-unsaturated/α-hetero) is 1. The van der Waals surface area contributed by atoms with Gasteiger partial charge in [-0.1, -0.05) is 37.3 Å². The van der Waals surface area contributed by atoms with Crippen LogP contribution >= 0.6 is 0 Å². The molecule has 1 unspecified atom stereocenters. The third kappa shape index (κ3) is 4.82. The molecule has 2 aromatic rings. The van der Waals surface area contributed by atoms with Crippen molar-refractivity contribution in [2.75, 3.05) is 5.32 Å². The maximum Gasteiger partial charge on any atom is 0.454 e. The van der Waals surface area contributed by atoms with Crippen molar-refractivity contribution in [3.05, 3.63) is 60.2 Å². The number of anilines is 1. The minimum atomic E-state index is -5.02. The zero-order chi connectivity index (χ0) is 18.4. The Morgan fingerprint density at radius 1 is 1.04 bits per heavy atom. The first-order chi connectivity index (χ1) is 11.8. The lowest BCUT2D eigenvalue weighted by Gasteiger charge is -2.18. The lowest BCUT2D eigenvalue weighted by molar-refractivity contribution is -0.122. The molecule has 0 spiro atoms. The van der Waals surface area contributed by atoms with Crippen molar-refractivity contribution in [1.82, 2.24) is 0 Å². The van der Waals surface area contributed by atoms with Gasteiger partial charge in [0.1, 0.15) is 5.75 Å². The number of alkyl halides is 3. The molecular formula is C18H16F3NO3. The molecule has 0 saturated carbocycles. The minimum absolute atomic E-state index is 0.204. The lowest BCUT2D eigenvalue weighted by Crippen LogP contribution is -2.33. The summed E-state index contributed by atoms with van der Waals surface area (Å²) in [7, 11) is 0. The topological polar surface area (TPSA) is 55.4 Å². The van der Waals surface area contributed by atoms with E-state index in [4.69, 9.17) is 4.74 Å². The molecule has 0 fully saturated rings. The molecule has 0 aliphatic rings. The van der Waals surface area contributed by atoms with Gasteiger partial charge >= 0.3 is 6.18 Å². The SMILES string of the molecule is CCC(Oc1ccccc1)C(=O)Nc1ccccc1C(=O)C(F)(F)F. The Kier molecular flexibility index (Phi) is 5.80. The minimum Gasteiger partial charge on any atom is -0.481 e. The van der Waals surface area contributed by atoms with E-state index in [1.165, 1.54) is 18.2 Å². The molecule has 7 heteroatoms. The highest BCUT2D eigenvalue weighted by atomic mass is 19.4. The third-order valence-corrected chi connectivity index (χ3v) is 3.37. The molecule has 0 saturated heterocycles. The van der Waals surface area contributed by atoms with Crippen LogP contribution in [-0.4, -0.2) is 24.0 Å². The van der Waals surface area contributed by atoms with Crippen LogP contribution in [0.4, 0.5) is 18.9 Å². The number of carbonyl (C=O) groups is 2. The van der Waals surface area contributed by atoms with Gasteiger partial charge in [0.25, 0.3) is 11.7 Å². The predicted octanol–water partition coefficient (Wildman–Crippen LogP) is 4.23. The summed E-state index contributed by atoms with van der Waals surface area (Å²) in [5, 5.41) is 2.35. The average Bonchev–Trinajstić information content (AvgIpc) is 2.59. The molecule has 4 nitrogen and oxygen atoms in total. The quantitative estimate of drug-likeness (QED) is 0.793. The number of amides is 1. The van der Waals surface area contributed by atoms with Crippen LogP contribution in [0.3, 0.4) is 0 Å². The number of halogens is 3. The van der Waals surface area contributed by atoms with E-state index in [0.29, 0.717) is 12.2 Å². The van der Waals surface area contributed by atoms with Crippen molar-refractivity contribution in [3.63, 3.8) is 0 Å². The first kappa shape index (κ1) is 18.5. The highest BCUT2D eigenvalue weighted by Gasteiger charge is 2.40. The van der Waals surface area contributed by atoms with Crippen LogP contribution in [0.25, 0.3) is 0 Å². The number of ketones is 1. The van der Waals surface area contributed by atoms with Gasteiger partial charge in [0.15, 0.2) is 6.10 Å². The largest absolute Gasteiger partial charge is 0.481 e. The molecular weight excluding hydrogens is 335 g/mol. The van der Waals surface area contributed by atoms with Crippen molar-refractivity contribution in [1.29, 1.82) is 0 Å². The highest BCUT2D eigenvalue weighted by molar-refractivity contribution is 6.08. The number of hydrogen-bond donors (Lipinski definition) is 1. The lowest BCUT2D eigenvalue weighted by atomic mass is 10.1. The summed E-state index contributed by atoms with van der Waals surface area (Å²) in [6.07, 6.45) is -5.63. The summed E-state index contributed by atoms with van der Waals surface area (Å²) < 4.78 is 43.6. The predicted molar refractivity (Wildman–Crippen MR) is 86.6 cm³/mol. The smallest absolute Gasteiger partial charge is 0.454 e. The molecule has 2 rings (SSSR count). The molecule has 1 N–H and O–H groups in total. The van der Waals surface area contributed by atoms with Gasteiger partial charge in [-0.15, -0.1) is 0 Å². The number of rotatable bonds is 6. The van der Waals surface area contributed by atoms with Gasteiger partial charge in [-0.05, 0) is 30.7 Å². The summed E-state index contributed by atoms with van der Waals surface area (Å²) >= 11 is 0.